The molecule has 0 fully saturated rings. The normalized spacial score (nSPS) is 10.3. The summed E-state index contributed by atoms with van der Waals surface area (Å²) in [6.07, 6.45) is 1.73. The summed E-state index contributed by atoms with van der Waals surface area (Å²) in [4.78, 5) is 14.3. The first-order valence-electron chi connectivity index (χ1n) is 5.33. The summed E-state index contributed by atoms with van der Waals surface area (Å²) in [5.74, 6) is 0. The number of nitrogens with zero attached hydrogens (tertiary/aromatic N) is 2. The summed E-state index contributed by atoms with van der Waals surface area (Å²) in [6, 6.07) is 5.71. The molecule has 0 aliphatic heterocycles. The quantitative estimate of drug-likeness (QED) is 0.638. The molecule has 3 N–H and O–H groups in total. The van der Waals surface area contributed by atoms with Gasteiger partial charge in [-0.1, -0.05) is 17.7 Å². The molecule has 1 aromatic heterocycles. The molecule has 94 valence electrons. The molecule has 18 heavy (non-hydrogen) atoms. The third-order valence-electron chi connectivity index (χ3n) is 2.50. The summed E-state index contributed by atoms with van der Waals surface area (Å²) in [6.45, 7) is 2.38. The molecule has 1 aromatic carbocycles. The summed E-state index contributed by atoms with van der Waals surface area (Å²) in [7, 11) is 0. The second-order valence-corrected chi connectivity index (χ2v) is 3.91. The highest BCUT2D eigenvalue weighted by atomic mass is 16.7. The van der Waals surface area contributed by atoms with E-state index in [-0.39, 0.29) is 6.01 Å². The van der Waals surface area contributed by atoms with Crippen LogP contribution in [0.5, 0.6) is 6.01 Å². The molecule has 0 spiro atoms. The van der Waals surface area contributed by atoms with Crippen LogP contribution < -0.4 is 10.5 Å². The molecular weight excluding hydrogens is 234 g/mol. The van der Waals surface area contributed by atoms with Crippen LogP contribution in [-0.2, 0) is 6.54 Å². The van der Waals surface area contributed by atoms with E-state index in [9.17, 15) is 4.79 Å². The molecule has 0 bridgehead atoms. The van der Waals surface area contributed by atoms with E-state index in [1.165, 1.54) is 6.20 Å². The molecule has 0 unspecified atom stereocenters. The minimum Gasteiger partial charge on any atom is -0.449 e. The van der Waals surface area contributed by atoms with Crippen LogP contribution in [0.1, 0.15) is 11.1 Å². The average molecular weight is 247 g/mol. The van der Waals surface area contributed by atoms with Gasteiger partial charge in [-0.05, 0) is 18.6 Å². The first kappa shape index (κ1) is 12.0. The zero-order valence-corrected chi connectivity index (χ0v) is 9.83. The number of carboxylic acid groups (broad SMARTS) is 1. The number of aryl methyl sites for hydroxylation is 1. The number of benzene rings is 1. The smallest absolute Gasteiger partial charge is 0.449 e. The number of hydrogen-bond donors (Lipinski definition) is 2. The zero-order chi connectivity index (χ0) is 13.1. The number of aromatic nitrogens is 2. The van der Waals surface area contributed by atoms with Crippen molar-refractivity contribution in [2.75, 3.05) is 5.73 Å². The van der Waals surface area contributed by atoms with Crippen molar-refractivity contribution >= 4 is 11.8 Å². The van der Waals surface area contributed by atoms with E-state index in [2.05, 4.69) is 9.72 Å². The van der Waals surface area contributed by atoms with E-state index >= 15 is 0 Å². The number of imidazole rings is 1. The lowest BCUT2D eigenvalue weighted by molar-refractivity contribution is 0.138. The number of hydrogen-bond acceptors (Lipinski definition) is 4. The van der Waals surface area contributed by atoms with Crippen molar-refractivity contribution < 1.29 is 14.6 Å². The van der Waals surface area contributed by atoms with Crippen LogP contribution in [0.15, 0.2) is 30.6 Å². The Kier molecular flexibility index (Phi) is 3.18. The van der Waals surface area contributed by atoms with Crippen molar-refractivity contribution in [1.82, 2.24) is 9.55 Å². The van der Waals surface area contributed by atoms with E-state index in [0.717, 1.165) is 11.1 Å². The first-order chi connectivity index (χ1) is 8.56. The predicted molar refractivity (Wildman–Crippen MR) is 65.6 cm³/mol. The van der Waals surface area contributed by atoms with Crippen LogP contribution in [-0.4, -0.2) is 20.8 Å². The number of nitrogen functional groups attached to an aromatic ring is 1. The predicted octanol–water partition coefficient (Wildman–Crippen LogP) is 1.88. The zero-order valence-electron chi connectivity index (χ0n) is 9.83. The van der Waals surface area contributed by atoms with Crippen LogP contribution >= 0.6 is 0 Å². The largest absolute Gasteiger partial charge is 0.513 e. The maximum atomic E-state index is 10.5. The summed E-state index contributed by atoms with van der Waals surface area (Å²) in [5, 5.41) is 8.57. The lowest BCUT2D eigenvalue weighted by Gasteiger charge is -2.09. The Labute approximate surface area is 104 Å². The highest BCUT2D eigenvalue weighted by Gasteiger charge is 2.10. The standard InChI is InChI=1S/C12H13N3O3/c1-8-2-3-10(13)9(6-8)7-15-5-4-14-11(15)18-12(16)17/h2-6H,7,13H2,1H3,(H,16,17). The molecule has 0 saturated heterocycles. The van der Waals surface area contributed by atoms with Gasteiger partial charge in [-0.2, -0.15) is 0 Å². The minimum atomic E-state index is -1.39. The van der Waals surface area contributed by atoms with Gasteiger partial charge in [0.2, 0.25) is 0 Å². The molecule has 6 heteroatoms. The molecule has 0 aliphatic carbocycles. The van der Waals surface area contributed by atoms with Crippen molar-refractivity contribution in [2.24, 2.45) is 0 Å². The Morgan fingerprint density at radius 1 is 1.56 bits per heavy atom. The number of ether oxygens (including phenoxy) is 1. The van der Waals surface area contributed by atoms with Gasteiger partial charge in [0.15, 0.2) is 0 Å². The summed E-state index contributed by atoms with van der Waals surface area (Å²) < 4.78 is 6.14. The van der Waals surface area contributed by atoms with Crippen molar-refractivity contribution in [3.8, 4) is 6.01 Å². The Hall–Kier alpha value is -2.50. The fraction of sp³-hybridized carbons (Fsp3) is 0.167. The van der Waals surface area contributed by atoms with Gasteiger partial charge < -0.3 is 15.6 Å². The molecule has 6 nitrogen and oxygen atoms in total. The molecule has 2 rings (SSSR count). The Bertz CT molecular complexity index is 578. The summed E-state index contributed by atoms with van der Waals surface area (Å²) >= 11 is 0. The molecule has 0 amide bonds. The molecule has 0 aliphatic rings. The number of anilines is 1. The lowest BCUT2D eigenvalue weighted by atomic mass is 10.1. The maximum Gasteiger partial charge on any atom is 0.513 e. The maximum absolute atomic E-state index is 10.5. The second-order valence-electron chi connectivity index (χ2n) is 3.91. The third-order valence-corrected chi connectivity index (χ3v) is 2.50. The lowest BCUT2D eigenvalue weighted by Crippen LogP contribution is -2.10. The van der Waals surface area contributed by atoms with Crippen molar-refractivity contribution in [3.05, 3.63) is 41.7 Å². The molecular formula is C12H13N3O3. The van der Waals surface area contributed by atoms with E-state index in [0.29, 0.717) is 12.2 Å². The third kappa shape index (κ3) is 2.60. The number of carbonyl (C=O) groups is 1. The van der Waals surface area contributed by atoms with Gasteiger partial charge in [0, 0.05) is 18.1 Å². The van der Waals surface area contributed by atoms with Crippen LogP contribution in [0.4, 0.5) is 10.5 Å². The van der Waals surface area contributed by atoms with Gasteiger partial charge in [0.1, 0.15) is 0 Å². The average Bonchev–Trinajstić information content (AvgIpc) is 2.70. The van der Waals surface area contributed by atoms with E-state index in [1.54, 1.807) is 10.8 Å². The minimum absolute atomic E-state index is 0.0309. The SMILES string of the molecule is Cc1ccc(N)c(Cn2ccnc2OC(=O)O)c1. The van der Waals surface area contributed by atoms with Crippen LogP contribution in [0.3, 0.4) is 0 Å². The molecule has 1 heterocycles. The van der Waals surface area contributed by atoms with Crippen LogP contribution in [0.25, 0.3) is 0 Å². The van der Waals surface area contributed by atoms with E-state index < -0.39 is 6.16 Å². The Balaban J connectivity index is 2.26. The number of nitrogens with two attached hydrogens (primary N) is 1. The van der Waals surface area contributed by atoms with Gasteiger partial charge in [-0.3, -0.25) is 4.57 Å². The Morgan fingerprint density at radius 3 is 3.06 bits per heavy atom. The topological polar surface area (TPSA) is 90.4 Å². The highest BCUT2D eigenvalue weighted by molar-refractivity contribution is 5.59. The van der Waals surface area contributed by atoms with Crippen molar-refractivity contribution in [2.45, 2.75) is 13.5 Å². The van der Waals surface area contributed by atoms with Gasteiger partial charge >= 0.3 is 12.2 Å². The van der Waals surface area contributed by atoms with Crippen LogP contribution in [0, 0.1) is 6.92 Å². The second kappa shape index (κ2) is 4.79. The van der Waals surface area contributed by atoms with Gasteiger partial charge in [0.05, 0.1) is 6.54 Å². The molecule has 0 atom stereocenters. The fourth-order valence-electron chi connectivity index (χ4n) is 1.65. The van der Waals surface area contributed by atoms with Crippen LogP contribution in [0.2, 0.25) is 0 Å². The monoisotopic (exact) mass is 247 g/mol. The van der Waals surface area contributed by atoms with E-state index in [1.807, 2.05) is 25.1 Å². The van der Waals surface area contributed by atoms with Gasteiger partial charge in [0.25, 0.3) is 0 Å². The number of rotatable bonds is 3. The molecule has 0 radical (unpaired) electrons. The fourth-order valence-corrected chi connectivity index (χ4v) is 1.65. The van der Waals surface area contributed by atoms with E-state index in [4.69, 9.17) is 10.8 Å². The first-order valence-corrected chi connectivity index (χ1v) is 5.33. The molecule has 0 saturated carbocycles. The van der Waals surface area contributed by atoms with Gasteiger partial charge in [-0.15, -0.1) is 0 Å². The Morgan fingerprint density at radius 2 is 2.33 bits per heavy atom. The van der Waals surface area contributed by atoms with Crippen molar-refractivity contribution in [1.29, 1.82) is 0 Å². The molecule has 2 aromatic rings. The summed E-state index contributed by atoms with van der Waals surface area (Å²) in [5.41, 5.74) is 8.49. The highest BCUT2D eigenvalue weighted by Crippen LogP contribution is 2.18. The van der Waals surface area contributed by atoms with Crippen molar-refractivity contribution in [3.63, 3.8) is 0 Å². The van der Waals surface area contributed by atoms with Gasteiger partial charge in [-0.25, -0.2) is 9.78 Å².